The van der Waals surface area contributed by atoms with Gasteiger partial charge in [0.05, 0.1) is 11.5 Å². The molecular formula is C15H30N2O2S. The molecule has 5 heteroatoms. The van der Waals surface area contributed by atoms with Crippen LogP contribution in [0.15, 0.2) is 0 Å². The minimum absolute atomic E-state index is 0.185. The fourth-order valence-corrected chi connectivity index (χ4v) is 5.24. The summed E-state index contributed by atoms with van der Waals surface area (Å²) in [6.45, 7) is 7.69. The Balaban J connectivity index is 1.74. The van der Waals surface area contributed by atoms with Crippen molar-refractivity contribution in [3.05, 3.63) is 0 Å². The average molecular weight is 302 g/mol. The smallest absolute Gasteiger partial charge is 0.151 e. The SMILES string of the molecule is CC(C)CN(CCNC1CCS(=O)(=O)C1)C1CCCC1. The van der Waals surface area contributed by atoms with Crippen LogP contribution in [0.5, 0.6) is 0 Å². The first-order chi connectivity index (χ1) is 9.46. The molecule has 0 aromatic carbocycles. The molecule has 118 valence electrons. The zero-order valence-electron chi connectivity index (χ0n) is 13.0. The molecule has 0 aromatic rings. The predicted molar refractivity (Wildman–Crippen MR) is 83.7 cm³/mol. The van der Waals surface area contributed by atoms with Crippen molar-refractivity contribution >= 4 is 9.84 Å². The molecule has 0 spiro atoms. The van der Waals surface area contributed by atoms with E-state index in [4.69, 9.17) is 0 Å². The van der Waals surface area contributed by atoms with Gasteiger partial charge in [-0.2, -0.15) is 0 Å². The van der Waals surface area contributed by atoms with Crippen molar-refractivity contribution in [3.63, 3.8) is 0 Å². The second-order valence-corrected chi connectivity index (χ2v) is 9.11. The lowest BCUT2D eigenvalue weighted by molar-refractivity contribution is 0.176. The molecule has 1 atom stereocenters. The lowest BCUT2D eigenvalue weighted by Gasteiger charge is -2.31. The average Bonchev–Trinajstić information content (AvgIpc) is 2.97. The highest BCUT2D eigenvalue weighted by atomic mass is 32.2. The Morgan fingerprint density at radius 1 is 1.20 bits per heavy atom. The van der Waals surface area contributed by atoms with Gasteiger partial charge >= 0.3 is 0 Å². The molecule has 1 saturated carbocycles. The second kappa shape index (κ2) is 7.23. The molecule has 1 N–H and O–H groups in total. The molecule has 2 fully saturated rings. The summed E-state index contributed by atoms with van der Waals surface area (Å²) in [4.78, 5) is 2.62. The van der Waals surface area contributed by atoms with E-state index in [2.05, 4.69) is 24.1 Å². The summed E-state index contributed by atoms with van der Waals surface area (Å²) in [5, 5.41) is 3.44. The summed E-state index contributed by atoms with van der Waals surface area (Å²) >= 11 is 0. The third-order valence-electron chi connectivity index (χ3n) is 4.51. The Morgan fingerprint density at radius 3 is 2.45 bits per heavy atom. The summed E-state index contributed by atoms with van der Waals surface area (Å²) in [5.74, 6) is 1.39. The molecule has 4 nitrogen and oxygen atoms in total. The summed E-state index contributed by atoms with van der Waals surface area (Å²) in [6.07, 6.45) is 6.20. The first-order valence-electron chi connectivity index (χ1n) is 8.14. The van der Waals surface area contributed by atoms with E-state index in [1.165, 1.54) is 25.7 Å². The van der Waals surface area contributed by atoms with Gasteiger partial charge in [-0.05, 0) is 25.2 Å². The Hall–Kier alpha value is -0.130. The van der Waals surface area contributed by atoms with E-state index >= 15 is 0 Å². The standard InChI is InChI=1S/C15H30N2O2S/c1-13(2)11-17(15-5-3-4-6-15)9-8-16-14-7-10-20(18,19)12-14/h13-16H,3-12H2,1-2H3. The van der Waals surface area contributed by atoms with Gasteiger partial charge in [0.1, 0.15) is 0 Å². The van der Waals surface area contributed by atoms with E-state index in [-0.39, 0.29) is 6.04 Å². The van der Waals surface area contributed by atoms with Gasteiger partial charge in [-0.3, -0.25) is 4.90 Å². The number of nitrogens with one attached hydrogen (secondary N) is 1. The zero-order chi connectivity index (χ0) is 14.6. The van der Waals surface area contributed by atoms with Crippen LogP contribution in [0.2, 0.25) is 0 Å². The fraction of sp³-hybridized carbons (Fsp3) is 1.00. The van der Waals surface area contributed by atoms with Crippen molar-refractivity contribution in [3.8, 4) is 0 Å². The highest BCUT2D eigenvalue weighted by molar-refractivity contribution is 7.91. The minimum Gasteiger partial charge on any atom is -0.312 e. The van der Waals surface area contributed by atoms with Gasteiger partial charge in [0, 0.05) is 31.7 Å². The normalized spacial score (nSPS) is 26.9. The maximum absolute atomic E-state index is 11.4. The maximum atomic E-state index is 11.4. The molecule has 0 bridgehead atoms. The largest absolute Gasteiger partial charge is 0.312 e. The molecule has 20 heavy (non-hydrogen) atoms. The molecule has 1 aliphatic heterocycles. The minimum atomic E-state index is -2.76. The number of rotatable bonds is 7. The zero-order valence-corrected chi connectivity index (χ0v) is 13.8. The van der Waals surface area contributed by atoms with Crippen LogP contribution in [0, 0.1) is 5.92 Å². The van der Waals surface area contributed by atoms with Crippen molar-refractivity contribution in [1.29, 1.82) is 0 Å². The summed E-state index contributed by atoms with van der Waals surface area (Å²) in [6, 6.07) is 0.941. The van der Waals surface area contributed by atoms with E-state index in [9.17, 15) is 8.42 Å². The summed E-state index contributed by atoms with van der Waals surface area (Å²) < 4.78 is 22.9. The Kier molecular flexibility index (Phi) is 5.87. The van der Waals surface area contributed by atoms with Crippen molar-refractivity contribution in [1.82, 2.24) is 10.2 Å². The monoisotopic (exact) mass is 302 g/mol. The topological polar surface area (TPSA) is 49.4 Å². The third kappa shape index (κ3) is 5.01. The molecular weight excluding hydrogens is 272 g/mol. The van der Waals surface area contributed by atoms with Crippen molar-refractivity contribution in [2.75, 3.05) is 31.1 Å². The molecule has 1 aliphatic carbocycles. The molecule has 1 saturated heterocycles. The van der Waals surface area contributed by atoms with Gasteiger partial charge in [-0.15, -0.1) is 0 Å². The highest BCUT2D eigenvalue weighted by Gasteiger charge is 2.28. The van der Waals surface area contributed by atoms with E-state index in [1.807, 2.05) is 0 Å². The Bertz CT molecular complexity index is 389. The molecule has 0 radical (unpaired) electrons. The van der Waals surface area contributed by atoms with Gasteiger partial charge in [0.25, 0.3) is 0 Å². The summed E-state index contributed by atoms with van der Waals surface area (Å²) in [5.41, 5.74) is 0. The maximum Gasteiger partial charge on any atom is 0.151 e. The fourth-order valence-electron chi connectivity index (χ4n) is 3.53. The van der Waals surface area contributed by atoms with Gasteiger partial charge in [-0.25, -0.2) is 8.42 Å². The first kappa shape index (κ1) is 16.2. The van der Waals surface area contributed by atoms with E-state index in [0.29, 0.717) is 17.4 Å². The Labute approximate surface area is 124 Å². The van der Waals surface area contributed by atoms with Gasteiger partial charge < -0.3 is 5.32 Å². The summed E-state index contributed by atoms with van der Waals surface area (Å²) in [7, 11) is -2.76. The second-order valence-electron chi connectivity index (χ2n) is 6.88. The van der Waals surface area contributed by atoms with Crippen LogP contribution >= 0.6 is 0 Å². The number of hydrogen-bond acceptors (Lipinski definition) is 4. The van der Waals surface area contributed by atoms with Crippen LogP contribution < -0.4 is 5.32 Å². The van der Waals surface area contributed by atoms with Crippen LogP contribution in [-0.4, -0.2) is 56.5 Å². The molecule has 1 heterocycles. The lowest BCUT2D eigenvalue weighted by atomic mass is 10.1. The quantitative estimate of drug-likeness (QED) is 0.777. The van der Waals surface area contributed by atoms with Crippen LogP contribution in [-0.2, 0) is 9.84 Å². The Morgan fingerprint density at radius 2 is 1.90 bits per heavy atom. The van der Waals surface area contributed by atoms with Crippen LogP contribution in [0.25, 0.3) is 0 Å². The van der Waals surface area contributed by atoms with E-state index in [0.717, 1.165) is 32.1 Å². The van der Waals surface area contributed by atoms with Crippen molar-refractivity contribution in [2.45, 2.75) is 58.0 Å². The van der Waals surface area contributed by atoms with Gasteiger partial charge in [0.2, 0.25) is 0 Å². The van der Waals surface area contributed by atoms with Gasteiger partial charge in [-0.1, -0.05) is 26.7 Å². The van der Waals surface area contributed by atoms with E-state index in [1.54, 1.807) is 0 Å². The number of hydrogen-bond donors (Lipinski definition) is 1. The highest BCUT2D eigenvalue weighted by Crippen LogP contribution is 2.24. The third-order valence-corrected chi connectivity index (χ3v) is 6.27. The van der Waals surface area contributed by atoms with Gasteiger partial charge in [0.15, 0.2) is 9.84 Å². The predicted octanol–water partition coefficient (Wildman–Crippen LogP) is 1.66. The van der Waals surface area contributed by atoms with Crippen LogP contribution in [0.4, 0.5) is 0 Å². The molecule has 2 aliphatic rings. The van der Waals surface area contributed by atoms with Crippen molar-refractivity contribution in [2.24, 2.45) is 5.92 Å². The lowest BCUT2D eigenvalue weighted by Crippen LogP contribution is -2.43. The van der Waals surface area contributed by atoms with Crippen molar-refractivity contribution < 1.29 is 8.42 Å². The van der Waals surface area contributed by atoms with Crippen LogP contribution in [0.1, 0.15) is 46.0 Å². The molecule has 1 unspecified atom stereocenters. The number of nitrogens with zero attached hydrogens (tertiary/aromatic N) is 1. The molecule has 0 aromatic heterocycles. The van der Waals surface area contributed by atoms with Crippen LogP contribution in [0.3, 0.4) is 0 Å². The number of sulfone groups is 1. The van der Waals surface area contributed by atoms with E-state index < -0.39 is 9.84 Å². The first-order valence-corrected chi connectivity index (χ1v) is 9.96. The molecule has 2 rings (SSSR count). The molecule has 0 amide bonds.